The lowest BCUT2D eigenvalue weighted by atomic mass is 10.2. The van der Waals surface area contributed by atoms with Crippen molar-refractivity contribution in [2.24, 2.45) is 5.10 Å². The van der Waals surface area contributed by atoms with Crippen molar-refractivity contribution in [2.45, 2.75) is 18.9 Å². The highest BCUT2D eigenvalue weighted by atomic mass is 35.5. The topological polar surface area (TPSA) is 126 Å². The van der Waals surface area contributed by atoms with Gasteiger partial charge in [0.05, 0.1) is 12.3 Å². The molecule has 0 aliphatic carbocycles. The van der Waals surface area contributed by atoms with Crippen LogP contribution in [0.15, 0.2) is 23.3 Å². The van der Waals surface area contributed by atoms with Crippen LogP contribution in [0.3, 0.4) is 0 Å². The van der Waals surface area contributed by atoms with Crippen LogP contribution in [-0.2, 0) is 19.1 Å². The Labute approximate surface area is 154 Å². The molecule has 9 nitrogen and oxygen atoms in total. The van der Waals surface area contributed by atoms with Crippen LogP contribution in [0.4, 0.5) is 0 Å². The fourth-order valence-electron chi connectivity index (χ4n) is 2.19. The number of hydrogen-bond donors (Lipinski definition) is 3. The molecule has 0 saturated carbocycles. The molecular formula is C16H18ClN3O6. The molecule has 26 heavy (non-hydrogen) atoms. The lowest BCUT2D eigenvalue weighted by Crippen LogP contribution is -2.41. The van der Waals surface area contributed by atoms with Gasteiger partial charge in [0, 0.05) is 23.7 Å². The molecule has 0 spiro atoms. The van der Waals surface area contributed by atoms with E-state index in [2.05, 4.69) is 15.8 Å². The average molecular weight is 384 g/mol. The summed E-state index contributed by atoms with van der Waals surface area (Å²) < 4.78 is 10.4. The van der Waals surface area contributed by atoms with Gasteiger partial charge in [-0.05, 0) is 31.0 Å². The number of halogens is 1. The number of nitrogens with one attached hydrogen (secondary N) is 2. The highest BCUT2D eigenvalue weighted by Crippen LogP contribution is 2.21. The highest BCUT2D eigenvalue weighted by molar-refractivity contribution is 6.35. The van der Waals surface area contributed by atoms with Gasteiger partial charge in [-0.15, -0.1) is 0 Å². The van der Waals surface area contributed by atoms with Crippen molar-refractivity contribution in [3.63, 3.8) is 0 Å². The predicted octanol–water partition coefficient (Wildman–Crippen LogP) is 0.549. The first kappa shape index (κ1) is 19.7. The number of ether oxygens (including phenoxy) is 2. The van der Waals surface area contributed by atoms with Crippen LogP contribution in [0.1, 0.15) is 18.4 Å². The summed E-state index contributed by atoms with van der Waals surface area (Å²) in [4.78, 5) is 34.0. The molecule has 0 radical (unpaired) electrons. The van der Waals surface area contributed by atoms with Crippen molar-refractivity contribution in [2.75, 3.05) is 19.8 Å². The Kier molecular flexibility index (Phi) is 7.37. The standard InChI is InChI=1S/C16H18ClN3O6/c17-11-3-4-13(26-9-14(21)22)10(6-11)7-19-20-16(24)15(23)18-8-12-2-1-5-25-12/h3-4,6-7,12H,1-2,5,8-9H2,(H,18,23)(H,20,24)(H,21,22)/b19-7-/t12-/m0/s1. The van der Waals surface area contributed by atoms with Crippen LogP contribution in [0, 0.1) is 0 Å². The largest absolute Gasteiger partial charge is 0.481 e. The zero-order valence-electron chi connectivity index (χ0n) is 13.7. The zero-order valence-corrected chi connectivity index (χ0v) is 14.5. The summed E-state index contributed by atoms with van der Waals surface area (Å²) in [5.41, 5.74) is 2.43. The van der Waals surface area contributed by atoms with E-state index in [1.54, 1.807) is 0 Å². The molecule has 140 valence electrons. The van der Waals surface area contributed by atoms with Crippen molar-refractivity contribution < 1.29 is 29.0 Å². The van der Waals surface area contributed by atoms with Crippen LogP contribution >= 0.6 is 11.6 Å². The van der Waals surface area contributed by atoms with Crippen LogP contribution in [-0.4, -0.2) is 55.0 Å². The predicted molar refractivity (Wildman–Crippen MR) is 92.3 cm³/mol. The summed E-state index contributed by atoms with van der Waals surface area (Å²) in [6.07, 6.45) is 2.90. The number of amides is 2. The first-order valence-corrected chi connectivity index (χ1v) is 8.20. The van der Waals surface area contributed by atoms with Crippen LogP contribution in [0.2, 0.25) is 5.02 Å². The monoisotopic (exact) mass is 383 g/mol. The third-order valence-electron chi connectivity index (χ3n) is 3.41. The van der Waals surface area contributed by atoms with E-state index in [9.17, 15) is 14.4 Å². The van der Waals surface area contributed by atoms with E-state index in [1.165, 1.54) is 24.4 Å². The van der Waals surface area contributed by atoms with Crippen molar-refractivity contribution in [3.8, 4) is 5.75 Å². The Morgan fingerprint density at radius 2 is 2.19 bits per heavy atom. The van der Waals surface area contributed by atoms with Gasteiger partial charge in [-0.2, -0.15) is 5.10 Å². The molecule has 0 unspecified atom stereocenters. The maximum absolute atomic E-state index is 11.7. The molecule has 1 aliphatic heterocycles. The quantitative estimate of drug-likeness (QED) is 0.358. The second-order valence-corrected chi connectivity index (χ2v) is 5.85. The maximum atomic E-state index is 11.7. The summed E-state index contributed by atoms with van der Waals surface area (Å²) in [7, 11) is 0. The molecule has 1 atom stereocenters. The molecule has 1 heterocycles. The summed E-state index contributed by atoms with van der Waals surface area (Å²) >= 11 is 5.88. The summed E-state index contributed by atoms with van der Waals surface area (Å²) in [6, 6.07) is 4.47. The van der Waals surface area contributed by atoms with Gasteiger partial charge in [0.25, 0.3) is 0 Å². The van der Waals surface area contributed by atoms with Gasteiger partial charge in [0.15, 0.2) is 6.61 Å². The third kappa shape index (κ3) is 6.34. The average Bonchev–Trinajstić information content (AvgIpc) is 3.12. The smallest absolute Gasteiger partial charge is 0.341 e. The Bertz CT molecular complexity index is 703. The van der Waals surface area contributed by atoms with Gasteiger partial charge in [0.2, 0.25) is 0 Å². The lowest BCUT2D eigenvalue weighted by Gasteiger charge is -2.09. The number of nitrogens with zero attached hydrogens (tertiary/aromatic N) is 1. The van der Waals surface area contributed by atoms with E-state index >= 15 is 0 Å². The lowest BCUT2D eigenvalue weighted by molar-refractivity contribution is -0.139. The maximum Gasteiger partial charge on any atom is 0.341 e. The van der Waals surface area contributed by atoms with E-state index in [-0.39, 0.29) is 18.4 Å². The van der Waals surface area contributed by atoms with Crippen molar-refractivity contribution in [1.29, 1.82) is 0 Å². The van der Waals surface area contributed by atoms with Gasteiger partial charge in [0.1, 0.15) is 5.75 Å². The normalized spacial score (nSPS) is 16.4. The second-order valence-electron chi connectivity index (χ2n) is 5.41. The molecule has 3 N–H and O–H groups in total. The molecule has 0 aromatic heterocycles. The first-order valence-electron chi connectivity index (χ1n) is 7.82. The van der Waals surface area contributed by atoms with Crippen LogP contribution in [0.5, 0.6) is 5.75 Å². The summed E-state index contributed by atoms with van der Waals surface area (Å²) in [5.74, 6) is -2.68. The molecule has 0 bridgehead atoms. The summed E-state index contributed by atoms with van der Waals surface area (Å²) in [5, 5.41) is 15.2. The Hall–Kier alpha value is -2.65. The molecule has 1 fully saturated rings. The minimum Gasteiger partial charge on any atom is -0.481 e. The van der Waals surface area contributed by atoms with Crippen molar-refractivity contribution in [3.05, 3.63) is 28.8 Å². The molecule has 1 aromatic carbocycles. The number of carbonyl (C=O) groups is 3. The minimum absolute atomic E-state index is 0.0735. The van der Waals surface area contributed by atoms with E-state index in [1.807, 2.05) is 0 Å². The number of carboxylic acids is 1. The fraction of sp³-hybridized carbons (Fsp3) is 0.375. The van der Waals surface area contributed by atoms with Gasteiger partial charge in [-0.1, -0.05) is 11.6 Å². The zero-order chi connectivity index (χ0) is 18.9. The molecule has 1 aromatic rings. The number of aliphatic carboxylic acids is 1. The van der Waals surface area contributed by atoms with Gasteiger partial charge in [-0.25, -0.2) is 10.2 Å². The van der Waals surface area contributed by atoms with Gasteiger partial charge < -0.3 is 19.9 Å². The Morgan fingerprint density at radius 1 is 1.38 bits per heavy atom. The van der Waals surface area contributed by atoms with Crippen molar-refractivity contribution >= 4 is 35.6 Å². The van der Waals surface area contributed by atoms with E-state index in [0.717, 1.165) is 12.8 Å². The highest BCUT2D eigenvalue weighted by Gasteiger charge is 2.19. The SMILES string of the molecule is O=C(O)COc1ccc(Cl)cc1/C=N\NC(=O)C(=O)NC[C@@H]1CCCO1. The number of benzene rings is 1. The molecule has 2 rings (SSSR count). The fourth-order valence-corrected chi connectivity index (χ4v) is 2.38. The first-order chi connectivity index (χ1) is 12.5. The molecular weight excluding hydrogens is 366 g/mol. The number of carboxylic acid groups (broad SMARTS) is 1. The summed E-state index contributed by atoms with van der Waals surface area (Å²) in [6.45, 7) is 0.376. The van der Waals surface area contributed by atoms with Crippen LogP contribution in [0.25, 0.3) is 0 Å². The van der Waals surface area contributed by atoms with Gasteiger partial charge in [-0.3, -0.25) is 9.59 Å². The Morgan fingerprint density at radius 3 is 2.88 bits per heavy atom. The number of hydrazone groups is 1. The van der Waals surface area contributed by atoms with E-state index in [0.29, 0.717) is 17.2 Å². The van der Waals surface area contributed by atoms with E-state index < -0.39 is 24.4 Å². The van der Waals surface area contributed by atoms with Crippen LogP contribution < -0.4 is 15.5 Å². The number of carbonyl (C=O) groups excluding carboxylic acids is 2. The molecule has 10 heteroatoms. The van der Waals surface area contributed by atoms with Crippen molar-refractivity contribution in [1.82, 2.24) is 10.7 Å². The Balaban J connectivity index is 1.87. The van der Waals surface area contributed by atoms with E-state index in [4.69, 9.17) is 26.2 Å². The molecule has 1 aliphatic rings. The number of rotatable bonds is 7. The minimum atomic E-state index is -1.14. The second kappa shape index (κ2) is 9.73. The molecule has 2 amide bonds. The third-order valence-corrected chi connectivity index (χ3v) is 3.65. The molecule has 1 saturated heterocycles. The number of hydrogen-bond acceptors (Lipinski definition) is 6. The van der Waals surface area contributed by atoms with Gasteiger partial charge >= 0.3 is 17.8 Å².